The van der Waals surface area contributed by atoms with Crippen molar-refractivity contribution in [2.24, 2.45) is 0 Å². The Morgan fingerprint density at radius 3 is 2.86 bits per heavy atom. The van der Waals surface area contributed by atoms with Gasteiger partial charge in [-0.05, 0) is 50.1 Å². The van der Waals surface area contributed by atoms with Crippen molar-refractivity contribution in [3.05, 3.63) is 53.1 Å². The second kappa shape index (κ2) is 7.89. The van der Waals surface area contributed by atoms with Crippen LogP contribution >= 0.6 is 0 Å². The molecule has 0 unspecified atom stereocenters. The molecular formula is C26H26FN5O3. The van der Waals surface area contributed by atoms with Crippen LogP contribution in [0.3, 0.4) is 0 Å². The van der Waals surface area contributed by atoms with E-state index in [4.69, 9.17) is 9.72 Å². The number of aliphatic carboxylic acids is 1. The zero-order valence-corrected chi connectivity index (χ0v) is 20.0. The predicted octanol–water partition coefficient (Wildman–Crippen LogP) is 4.89. The number of nitriles is 1. The molecule has 9 heteroatoms. The van der Waals surface area contributed by atoms with Crippen LogP contribution in [0.5, 0.6) is 0 Å². The van der Waals surface area contributed by atoms with Gasteiger partial charge in [0, 0.05) is 40.1 Å². The topological polar surface area (TPSA) is 117 Å². The first-order valence-electron chi connectivity index (χ1n) is 11.5. The van der Waals surface area contributed by atoms with Crippen LogP contribution in [-0.2, 0) is 14.9 Å². The Balaban J connectivity index is 1.89. The zero-order chi connectivity index (χ0) is 25.1. The number of H-pyrrole nitrogens is 1. The number of ether oxygens (including phenoxy) is 1. The second-order valence-electron chi connectivity index (χ2n) is 10.2. The SMILES string of the molecule is Cc1cc(-n2c(C(C)(C)CC#N)c([C@@H]3CO[C@@](C)(C(=O)O)C3)c3nc4[nH]ncc4cc32)ccc1F. The van der Waals surface area contributed by atoms with Crippen LogP contribution < -0.4 is 0 Å². The van der Waals surface area contributed by atoms with Crippen LogP contribution in [0.2, 0.25) is 0 Å². The van der Waals surface area contributed by atoms with Gasteiger partial charge in [-0.1, -0.05) is 13.8 Å². The fourth-order valence-corrected chi connectivity index (χ4v) is 5.17. The number of benzene rings is 1. The highest BCUT2D eigenvalue weighted by molar-refractivity contribution is 5.94. The zero-order valence-electron chi connectivity index (χ0n) is 20.0. The van der Waals surface area contributed by atoms with E-state index in [1.807, 2.05) is 24.5 Å². The van der Waals surface area contributed by atoms with Crippen molar-refractivity contribution >= 4 is 28.0 Å². The minimum Gasteiger partial charge on any atom is -0.479 e. The largest absolute Gasteiger partial charge is 0.479 e. The van der Waals surface area contributed by atoms with E-state index in [0.29, 0.717) is 16.7 Å². The summed E-state index contributed by atoms with van der Waals surface area (Å²) in [6.07, 6.45) is 2.18. The van der Waals surface area contributed by atoms with Crippen LogP contribution in [0.15, 0.2) is 30.5 Å². The summed E-state index contributed by atoms with van der Waals surface area (Å²) < 4.78 is 22.0. The molecule has 0 bridgehead atoms. The molecule has 0 saturated carbocycles. The molecule has 35 heavy (non-hydrogen) atoms. The average Bonchev–Trinajstić information content (AvgIpc) is 3.50. The molecule has 2 N–H and O–H groups in total. The summed E-state index contributed by atoms with van der Waals surface area (Å²) in [6.45, 7) is 7.48. The van der Waals surface area contributed by atoms with Gasteiger partial charge in [-0.25, -0.2) is 14.2 Å². The van der Waals surface area contributed by atoms with Crippen LogP contribution in [0, 0.1) is 24.1 Å². The molecule has 180 valence electrons. The summed E-state index contributed by atoms with van der Waals surface area (Å²) in [5.41, 5.74) is 3.07. The van der Waals surface area contributed by atoms with Gasteiger partial charge in [-0.3, -0.25) is 5.10 Å². The number of aromatic amines is 1. The molecule has 0 radical (unpaired) electrons. The number of rotatable bonds is 5. The van der Waals surface area contributed by atoms with Crippen molar-refractivity contribution in [3.8, 4) is 11.8 Å². The Labute approximate surface area is 201 Å². The van der Waals surface area contributed by atoms with Gasteiger partial charge in [-0.15, -0.1) is 0 Å². The number of hydrogen-bond acceptors (Lipinski definition) is 5. The minimum absolute atomic E-state index is 0.211. The first-order chi connectivity index (χ1) is 16.6. The van der Waals surface area contributed by atoms with Crippen LogP contribution in [0.25, 0.3) is 27.8 Å². The van der Waals surface area contributed by atoms with E-state index >= 15 is 0 Å². The van der Waals surface area contributed by atoms with Gasteiger partial charge in [0.15, 0.2) is 11.2 Å². The van der Waals surface area contributed by atoms with Crippen molar-refractivity contribution in [2.75, 3.05) is 6.61 Å². The number of pyridine rings is 1. The highest BCUT2D eigenvalue weighted by Crippen LogP contribution is 2.47. The number of carboxylic acids is 1. The minimum atomic E-state index is -1.32. The van der Waals surface area contributed by atoms with E-state index in [0.717, 1.165) is 27.8 Å². The maximum absolute atomic E-state index is 14.2. The smallest absolute Gasteiger partial charge is 0.335 e. The van der Waals surface area contributed by atoms with Gasteiger partial charge in [0.05, 0.1) is 29.9 Å². The summed E-state index contributed by atoms with van der Waals surface area (Å²) >= 11 is 0. The van der Waals surface area contributed by atoms with E-state index < -0.39 is 17.0 Å². The molecule has 1 saturated heterocycles. The molecular weight excluding hydrogens is 449 g/mol. The van der Waals surface area contributed by atoms with E-state index in [9.17, 15) is 19.6 Å². The number of aryl methyl sites for hydroxylation is 1. The van der Waals surface area contributed by atoms with Crippen molar-refractivity contribution in [3.63, 3.8) is 0 Å². The van der Waals surface area contributed by atoms with E-state index in [1.165, 1.54) is 6.07 Å². The summed E-state index contributed by atoms with van der Waals surface area (Å²) in [5.74, 6) is -1.58. The monoisotopic (exact) mass is 475 g/mol. The fraction of sp³-hybridized carbons (Fsp3) is 0.385. The van der Waals surface area contributed by atoms with Gasteiger partial charge in [0.1, 0.15) is 5.82 Å². The van der Waals surface area contributed by atoms with Gasteiger partial charge >= 0.3 is 5.97 Å². The first kappa shape index (κ1) is 23.0. The molecule has 5 rings (SSSR count). The Bertz CT molecular complexity index is 1530. The van der Waals surface area contributed by atoms with Gasteiger partial charge in [-0.2, -0.15) is 10.4 Å². The number of nitrogens with zero attached hydrogens (tertiary/aromatic N) is 4. The van der Waals surface area contributed by atoms with E-state index in [-0.39, 0.29) is 31.2 Å². The number of halogens is 1. The molecule has 0 amide bonds. The highest BCUT2D eigenvalue weighted by atomic mass is 19.1. The van der Waals surface area contributed by atoms with Crippen molar-refractivity contribution in [1.82, 2.24) is 19.7 Å². The Morgan fingerprint density at radius 2 is 2.20 bits per heavy atom. The van der Waals surface area contributed by atoms with Gasteiger partial charge in [0.25, 0.3) is 0 Å². The number of aromatic nitrogens is 4. The third-order valence-corrected chi connectivity index (χ3v) is 7.04. The van der Waals surface area contributed by atoms with Gasteiger partial charge in [0.2, 0.25) is 0 Å². The van der Waals surface area contributed by atoms with Crippen LogP contribution in [0.4, 0.5) is 4.39 Å². The molecule has 0 spiro atoms. The Morgan fingerprint density at radius 1 is 1.43 bits per heavy atom. The molecule has 0 aliphatic carbocycles. The lowest BCUT2D eigenvalue weighted by atomic mass is 9.79. The summed E-state index contributed by atoms with van der Waals surface area (Å²) in [7, 11) is 0. The number of fused-ring (bicyclic) bond motifs is 2. The third-order valence-electron chi connectivity index (χ3n) is 7.04. The Kier molecular flexibility index (Phi) is 5.18. The second-order valence-corrected chi connectivity index (χ2v) is 10.2. The maximum atomic E-state index is 14.2. The van der Waals surface area contributed by atoms with E-state index in [1.54, 1.807) is 32.2 Å². The average molecular weight is 476 g/mol. The van der Waals surface area contributed by atoms with Crippen molar-refractivity contribution < 1.29 is 19.0 Å². The highest BCUT2D eigenvalue weighted by Gasteiger charge is 2.46. The molecule has 4 aromatic rings. The first-order valence-corrected chi connectivity index (χ1v) is 11.5. The van der Waals surface area contributed by atoms with Crippen LogP contribution in [0.1, 0.15) is 56.4 Å². The quantitative estimate of drug-likeness (QED) is 0.425. The summed E-state index contributed by atoms with van der Waals surface area (Å²) in [6, 6.07) is 9.19. The molecule has 4 heterocycles. The van der Waals surface area contributed by atoms with Crippen LogP contribution in [-0.4, -0.2) is 43.0 Å². The number of carbonyl (C=O) groups is 1. The third kappa shape index (κ3) is 3.56. The number of nitrogens with one attached hydrogen (secondary N) is 1. The molecule has 1 aromatic carbocycles. The fourth-order valence-electron chi connectivity index (χ4n) is 5.17. The summed E-state index contributed by atoms with van der Waals surface area (Å²) in [4.78, 5) is 16.8. The number of hydrogen-bond donors (Lipinski definition) is 2. The predicted molar refractivity (Wildman–Crippen MR) is 128 cm³/mol. The lowest BCUT2D eigenvalue weighted by Crippen LogP contribution is -2.34. The molecule has 3 aromatic heterocycles. The standard InChI is InChI=1S/C26H26FN5O3/c1-14-9-17(5-6-18(14)27)32-19-10-15-12-29-31-23(15)30-21(19)20(22(32)25(2,3)7-8-28)16-11-26(4,24(33)34)35-13-16/h5-6,9-10,12,16H,7,11,13H2,1-4H3,(H,33,34)(H,29,30,31)/t16-,26+/m0/s1. The maximum Gasteiger partial charge on any atom is 0.335 e. The Hall–Kier alpha value is -3.77. The lowest BCUT2D eigenvalue weighted by Gasteiger charge is -2.28. The normalized spacial score (nSPS) is 20.5. The van der Waals surface area contributed by atoms with Gasteiger partial charge < -0.3 is 14.4 Å². The molecule has 2 atom stereocenters. The van der Waals surface area contributed by atoms with Crippen molar-refractivity contribution in [1.29, 1.82) is 5.26 Å². The van der Waals surface area contributed by atoms with E-state index in [2.05, 4.69) is 16.3 Å². The number of carboxylic acid groups (broad SMARTS) is 1. The van der Waals surface area contributed by atoms with Crippen molar-refractivity contribution in [2.45, 2.75) is 57.5 Å². The lowest BCUT2D eigenvalue weighted by molar-refractivity contribution is -0.157. The molecule has 1 fully saturated rings. The summed E-state index contributed by atoms with van der Waals surface area (Å²) in [5, 5.41) is 27.3. The molecule has 8 nitrogen and oxygen atoms in total. The molecule has 1 aliphatic heterocycles. The molecule has 1 aliphatic rings.